The van der Waals surface area contributed by atoms with Crippen LogP contribution in [-0.2, 0) is 12.8 Å². The van der Waals surface area contributed by atoms with E-state index in [4.69, 9.17) is 4.98 Å². The van der Waals surface area contributed by atoms with Crippen molar-refractivity contribution < 1.29 is 0 Å². The summed E-state index contributed by atoms with van der Waals surface area (Å²) >= 11 is 0. The Labute approximate surface area is 102 Å². The smallest absolute Gasteiger partial charge is 0.137 e. The van der Waals surface area contributed by atoms with E-state index < -0.39 is 0 Å². The van der Waals surface area contributed by atoms with E-state index in [1.807, 2.05) is 0 Å². The van der Waals surface area contributed by atoms with Crippen LogP contribution in [-0.4, -0.2) is 9.38 Å². The van der Waals surface area contributed by atoms with Crippen molar-refractivity contribution in [3.63, 3.8) is 0 Å². The molecule has 0 atom stereocenters. The fourth-order valence-electron chi connectivity index (χ4n) is 3.86. The van der Waals surface area contributed by atoms with Gasteiger partial charge in [0.05, 0.1) is 5.69 Å². The summed E-state index contributed by atoms with van der Waals surface area (Å²) in [7, 11) is 0. The van der Waals surface area contributed by atoms with Crippen LogP contribution in [0.1, 0.15) is 43.5 Å². The summed E-state index contributed by atoms with van der Waals surface area (Å²) in [4.78, 5) is 4.77. The minimum atomic E-state index is 0.624. The third-order valence-electron chi connectivity index (χ3n) is 4.81. The first-order chi connectivity index (χ1) is 8.36. The van der Waals surface area contributed by atoms with Crippen molar-refractivity contribution in [1.82, 2.24) is 9.38 Å². The van der Waals surface area contributed by atoms with Gasteiger partial charge in [0.2, 0.25) is 0 Å². The van der Waals surface area contributed by atoms with Crippen LogP contribution >= 0.6 is 0 Å². The van der Waals surface area contributed by atoms with Gasteiger partial charge in [0.15, 0.2) is 0 Å². The van der Waals surface area contributed by atoms with Gasteiger partial charge >= 0.3 is 0 Å². The zero-order chi connectivity index (χ0) is 11.3. The standard InChI is InChI=1S/C15H18N2/c1-4-10-17-13-11-15(7-2-3-8-15)9-6-12(13)16-14(17)5-1/h1,4-5,10H,2-3,6-9,11H2. The average Bonchev–Trinajstić information content (AvgIpc) is 2.95. The predicted molar refractivity (Wildman–Crippen MR) is 68.1 cm³/mol. The summed E-state index contributed by atoms with van der Waals surface area (Å²) in [6.07, 6.45) is 11.7. The molecule has 2 aromatic rings. The van der Waals surface area contributed by atoms with Crippen molar-refractivity contribution in [3.8, 4) is 0 Å². The molecule has 2 aromatic heterocycles. The van der Waals surface area contributed by atoms with Gasteiger partial charge in [0.1, 0.15) is 5.65 Å². The molecule has 2 heteroatoms. The van der Waals surface area contributed by atoms with E-state index >= 15 is 0 Å². The van der Waals surface area contributed by atoms with E-state index in [0.29, 0.717) is 5.41 Å². The highest BCUT2D eigenvalue weighted by Gasteiger charge is 2.38. The van der Waals surface area contributed by atoms with Gasteiger partial charge in [-0.25, -0.2) is 4.98 Å². The maximum atomic E-state index is 4.77. The zero-order valence-electron chi connectivity index (χ0n) is 10.2. The number of nitrogens with zero attached hydrogens (tertiary/aromatic N) is 2. The van der Waals surface area contributed by atoms with Crippen LogP contribution in [0.2, 0.25) is 0 Å². The highest BCUT2D eigenvalue weighted by atomic mass is 15.0. The molecule has 4 rings (SSSR count). The maximum absolute atomic E-state index is 4.77. The van der Waals surface area contributed by atoms with Crippen molar-refractivity contribution in [2.24, 2.45) is 5.41 Å². The van der Waals surface area contributed by atoms with Gasteiger partial charge in [-0.15, -0.1) is 0 Å². The third kappa shape index (κ3) is 1.36. The molecule has 0 bridgehead atoms. The Balaban J connectivity index is 1.85. The van der Waals surface area contributed by atoms with Gasteiger partial charge in [0, 0.05) is 11.9 Å². The normalized spacial score (nSPS) is 22.1. The Morgan fingerprint density at radius 1 is 1.12 bits per heavy atom. The third-order valence-corrected chi connectivity index (χ3v) is 4.81. The molecular formula is C15H18N2. The molecule has 0 aromatic carbocycles. The average molecular weight is 226 g/mol. The van der Waals surface area contributed by atoms with E-state index in [2.05, 4.69) is 28.8 Å². The number of rotatable bonds is 0. The second-order valence-electron chi connectivity index (χ2n) is 5.82. The van der Waals surface area contributed by atoms with Crippen molar-refractivity contribution in [2.45, 2.75) is 44.9 Å². The lowest BCUT2D eigenvalue weighted by atomic mass is 9.73. The van der Waals surface area contributed by atoms with E-state index in [1.54, 1.807) is 0 Å². The summed E-state index contributed by atoms with van der Waals surface area (Å²) in [5.41, 5.74) is 4.61. The molecule has 2 aliphatic rings. The summed E-state index contributed by atoms with van der Waals surface area (Å²) in [6, 6.07) is 6.32. The Morgan fingerprint density at radius 3 is 2.88 bits per heavy atom. The molecule has 1 spiro atoms. The van der Waals surface area contributed by atoms with Crippen LogP contribution in [0.15, 0.2) is 24.4 Å². The minimum Gasteiger partial charge on any atom is -0.304 e. The van der Waals surface area contributed by atoms with Crippen LogP contribution in [0.4, 0.5) is 0 Å². The summed E-state index contributed by atoms with van der Waals surface area (Å²) in [6.45, 7) is 0. The van der Waals surface area contributed by atoms with Crippen molar-refractivity contribution in [1.29, 1.82) is 0 Å². The Morgan fingerprint density at radius 2 is 2.00 bits per heavy atom. The second kappa shape index (κ2) is 3.34. The van der Waals surface area contributed by atoms with Crippen LogP contribution in [0.5, 0.6) is 0 Å². The van der Waals surface area contributed by atoms with Crippen molar-refractivity contribution in [2.75, 3.05) is 0 Å². The number of fused-ring (bicyclic) bond motifs is 3. The molecule has 2 heterocycles. The van der Waals surface area contributed by atoms with Gasteiger partial charge in [0.25, 0.3) is 0 Å². The fraction of sp³-hybridized carbons (Fsp3) is 0.533. The molecule has 1 fully saturated rings. The summed E-state index contributed by atoms with van der Waals surface area (Å²) < 4.78 is 2.31. The number of aromatic nitrogens is 2. The zero-order valence-corrected chi connectivity index (χ0v) is 10.2. The van der Waals surface area contributed by atoms with Crippen molar-refractivity contribution in [3.05, 3.63) is 35.8 Å². The highest BCUT2D eigenvalue weighted by molar-refractivity contribution is 5.44. The SMILES string of the molecule is c1ccn2c3c(nc2c1)CCC1(CCCC1)C3. The second-order valence-corrected chi connectivity index (χ2v) is 5.82. The van der Waals surface area contributed by atoms with Crippen LogP contribution in [0.3, 0.4) is 0 Å². The van der Waals surface area contributed by atoms with Gasteiger partial charge < -0.3 is 4.40 Å². The Hall–Kier alpha value is -1.31. The fourth-order valence-corrected chi connectivity index (χ4v) is 3.86. The molecular weight excluding hydrogens is 208 g/mol. The Kier molecular flexibility index (Phi) is 1.91. The molecule has 0 saturated heterocycles. The first-order valence-electron chi connectivity index (χ1n) is 6.81. The molecule has 0 N–H and O–H groups in total. The number of hydrogen-bond donors (Lipinski definition) is 0. The molecule has 0 amide bonds. The quantitative estimate of drug-likeness (QED) is 0.673. The topological polar surface area (TPSA) is 17.3 Å². The number of aryl methyl sites for hydroxylation is 1. The Bertz CT molecular complexity index is 561. The molecule has 0 radical (unpaired) electrons. The molecule has 1 saturated carbocycles. The van der Waals surface area contributed by atoms with Gasteiger partial charge in [-0.3, -0.25) is 0 Å². The van der Waals surface area contributed by atoms with Crippen LogP contribution < -0.4 is 0 Å². The number of hydrogen-bond acceptors (Lipinski definition) is 1. The van der Waals surface area contributed by atoms with Crippen LogP contribution in [0.25, 0.3) is 5.65 Å². The van der Waals surface area contributed by atoms with Crippen LogP contribution in [0, 0.1) is 5.41 Å². The largest absolute Gasteiger partial charge is 0.304 e. The van der Waals surface area contributed by atoms with E-state index in [0.717, 1.165) is 5.65 Å². The molecule has 2 nitrogen and oxygen atoms in total. The van der Waals surface area contributed by atoms with E-state index in [9.17, 15) is 0 Å². The molecule has 88 valence electrons. The maximum Gasteiger partial charge on any atom is 0.137 e. The van der Waals surface area contributed by atoms with Gasteiger partial charge in [-0.1, -0.05) is 18.9 Å². The lowest BCUT2D eigenvalue weighted by Gasteiger charge is -2.32. The van der Waals surface area contributed by atoms with Gasteiger partial charge in [-0.05, 0) is 49.7 Å². The monoisotopic (exact) mass is 226 g/mol. The van der Waals surface area contributed by atoms with Gasteiger partial charge in [-0.2, -0.15) is 0 Å². The first-order valence-corrected chi connectivity index (χ1v) is 6.81. The van der Waals surface area contributed by atoms with Crippen molar-refractivity contribution >= 4 is 5.65 Å². The number of imidazole rings is 1. The molecule has 0 unspecified atom stereocenters. The molecule has 17 heavy (non-hydrogen) atoms. The van der Waals surface area contributed by atoms with E-state index in [1.165, 1.54) is 56.3 Å². The highest BCUT2D eigenvalue weighted by Crippen LogP contribution is 2.47. The molecule has 0 aliphatic heterocycles. The minimum absolute atomic E-state index is 0.624. The molecule has 2 aliphatic carbocycles. The predicted octanol–water partition coefficient (Wildman–Crippen LogP) is 3.38. The lowest BCUT2D eigenvalue weighted by Crippen LogP contribution is -2.26. The summed E-state index contributed by atoms with van der Waals surface area (Å²) in [5, 5.41) is 0. The first kappa shape index (κ1) is 9.69. The lowest BCUT2D eigenvalue weighted by molar-refractivity contribution is 0.250. The van der Waals surface area contributed by atoms with E-state index in [-0.39, 0.29) is 0 Å². The summed E-state index contributed by atoms with van der Waals surface area (Å²) in [5.74, 6) is 0. The number of pyridine rings is 1.